The van der Waals surface area contributed by atoms with Crippen molar-refractivity contribution in [2.24, 2.45) is 0 Å². The van der Waals surface area contributed by atoms with Gasteiger partial charge in [-0.3, -0.25) is 14.6 Å². The molecule has 2 amide bonds. The highest BCUT2D eigenvalue weighted by Gasteiger charge is 2.49. The van der Waals surface area contributed by atoms with E-state index in [1.807, 2.05) is 77.0 Å². The summed E-state index contributed by atoms with van der Waals surface area (Å²) in [6.07, 6.45) is 11.7. The van der Waals surface area contributed by atoms with Crippen molar-refractivity contribution in [3.05, 3.63) is 84.6 Å². The number of nitrogens with zero attached hydrogens (tertiary/aromatic N) is 4. The Morgan fingerprint density at radius 3 is 2.60 bits per heavy atom. The van der Waals surface area contributed by atoms with Crippen molar-refractivity contribution in [3.8, 4) is 5.69 Å². The summed E-state index contributed by atoms with van der Waals surface area (Å²) in [4.78, 5) is 34.2. The van der Waals surface area contributed by atoms with Crippen LogP contribution >= 0.6 is 0 Å². The van der Waals surface area contributed by atoms with Crippen LogP contribution in [-0.2, 0) is 17.9 Å². The number of hydrogen-bond donors (Lipinski definition) is 1. The maximum absolute atomic E-state index is 14.4. The van der Waals surface area contributed by atoms with Gasteiger partial charge < -0.3 is 19.4 Å². The van der Waals surface area contributed by atoms with Crippen LogP contribution in [0.2, 0.25) is 0 Å². The van der Waals surface area contributed by atoms with Gasteiger partial charge in [0.15, 0.2) is 0 Å². The van der Waals surface area contributed by atoms with E-state index in [2.05, 4.69) is 10.3 Å². The summed E-state index contributed by atoms with van der Waals surface area (Å²) in [6, 6.07) is 16.0. The standard InChI is InChI=1S/C28H29N5O2/c1-28(27(35)30-21-10-2-3-11-21)19-32-23-13-5-4-12-22(23)24(31-15-6-7-16-31)25(32)26(34)33(28)18-20-9-8-14-29-17-20/h4-9,12-17,21H,2-3,10-11,18-19H2,1H3,(H,30,35). The topological polar surface area (TPSA) is 72.2 Å². The average Bonchev–Trinajstić information content (AvgIpc) is 3.63. The van der Waals surface area contributed by atoms with Crippen molar-refractivity contribution in [2.75, 3.05) is 0 Å². The Hall–Kier alpha value is -3.87. The lowest BCUT2D eigenvalue weighted by atomic mass is 9.93. The van der Waals surface area contributed by atoms with Crippen LogP contribution in [0.25, 0.3) is 16.6 Å². The van der Waals surface area contributed by atoms with Crippen molar-refractivity contribution in [3.63, 3.8) is 0 Å². The van der Waals surface area contributed by atoms with Gasteiger partial charge in [0.25, 0.3) is 5.91 Å². The molecule has 1 N–H and O–H groups in total. The number of rotatable bonds is 5. The molecule has 2 aliphatic rings. The van der Waals surface area contributed by atoms with Gasteiger partial charge in [-0.25, -0.2) is 0 Å². The molecule has 178 valence electrons. The molecule has 1 fully saturated rings. The molecule has 0 bridgehead atoms. The van der Waals surface area contributed by atoms with Crippen molar-refractivity contribution in [1.29, 1.82) is 0 Å². The number of para-hydroxylation sites is 1. The summed E-state index contributed by atoms with van der Waals surface area (Å²) < 4.78 is 4.04. The van der Waals surface area contributed by atoms with Crippen LogP contribution in [0.3, 0.4) is 0 Å². The molecule has 1 saturated carbocycles. The van der Waals surface area contributed by atoms with Gasteiger partial charge >= 0.3 is 0 Å². The van der Waals surface area contributed by atoms with Crippen LogP contribution in [-0.4, -0.2) is 42.4 Å². The summed E-state index contributed by atoms with van der Waals surface area (Å²) in [5.41, 5.74) is 2.27. The molecule has 35 heavy (non-hydrogen) atoms. The van der Waals surface area contributed by atoms with Crippen LogP contribution < -0.4 is 5.32 Å². The van der Waals surface area contributed by atoms with Gasteiger partial charge in [0, 0.05) is 42.8 Å². The maximum atomic E-state index is 14.4. The normalized spacial score (nSPS) is 20.4. The second-order valence-corrected chi connectivity index (χ2v) is 9.87. The molecule has 1 aliphatic carbocycles. The van der Waals surface area contributed by atoms with Crippen LogP contribution in [0.4, 0.5) is 0 Å². The first-order valence-corrected chi connectivity index (χ1v) is 12.3. The summed E-state index contributed by atoms with van der Waals surface area (Å²) in [6.45, 7) is 2.60. The minimum atomic E-state index is -1.04. The molecule has 7 heteroatoms. The van der Waals surface area contributed by atoms with E-state index in [0.29, 0.717) is 18.8 Å². The van der Waals surface area contributed by atoms with E-state index in [0.717, 1.165) is 47.8 Å². The Morgan fingerprint density at radius 1 is 1.09 bits per heavy atom. The molecular weight excluding hydrogens is 438 g/mol. The van der Waals surface area contributed by atoms with Crippen molar-refractivity contribution < 1.29 is 9.59 Å². The molecule has 6 rings (SSSR count). The summed E-state index contributed by atoms with van der Waals surface area (Å²) in [7, 11) is 0. The second-order valence-electron chi connectivity index (χ2n) is 9.87. The first-order chi connectivity index (χ1) is 17.1. The second kappa shape index (κ2) is 8.41. The molecule has 4 heterocycles. The molecule has 1 atom stereocenters. The van der Waals surface area contributed by atoms with E-state index in [1.54, 1.807) is 17.3 Å². The maximum Gasteiger partial charge on any atom is 0.273 e. The number of pyridine rings is 1. The van der Waals surface area contributed by atoms with Gasteiger partial charge in [-0.15, -0.1) is 0 Å². The van der Waals surface area contributed by atoms with E-state index in [-0.39, 0.29) is 17.9 Å². The third-order valence-electron chi connectivity index (χ3n) is 7.56. The Labute approximate surface area is 204 Å². The molecule has 3 aromatic heterocycles. The van der Waals surface area contributed by atoms with Gasteiger partial charge in [0.05, 0.1) is 17.7 Å². The van der Waals surface area contributed by atoms with E-state index < -0.39 is 5.54 Å². The van der Waals surface area contributed by atoms with E-state index in [1.165, 1.54) is 0 Å². The van der Waals surface area contributed by atoms with Gasteiger partial charge in [-0.05, 0) is 49.6 Å². The Balaban J connectivity index is 1.51. The molecule has 0 saturated heterocycles. The van der Waals surface area contributed by atoms with Crippen LogP contribution in [0, 0.1) is 0 Å². The zero-order valence-corrected chi connectivity index (χ0v) is 19.9. The number of carbonyl (C=O) groups excluding carboxylic acids is 2. The highest BCUT2D eigenvalue weighted by molar-refractivity contribution is 6.08. The van der Waals surface area contributed by atoms with E-state index in [9.17, 15) is 9.59 Å². The Kier molecular flexibility index (Phi) is 5.20. The summed E-state index contributed by atoms with van der Waals surface area (Å²) in [5, 5.41) is 4.27. The third kappa shape index (κ3) is 3.53. The fraction of sp³-hybridized carbons (Fsp3) is 0.321. The number of nitrogens with one attached hydrogen (secondary N) is 1. The minimum absolute atomic E-state index is 0.0902. The minimum Gasteiger partial charge on any atom is -0.351 e. The van der Waals surface area contributed by atoms with Crippen LogP contribution in [0.1, 0.15) is 48.7 Å². The summed E-state index contributed by atoms with van der Waals surface area (Å²) in [5.74, 6) is -0.239. The quantitative estimate of drug-likeness (QED) is 0.476. The highest BCUT2D eigenvalue weighted by Crippen LogP contribution is 2.38. The van der Waals surface area contributed by atoms with Gasteiger partial charge in [0.1, 0.15) is 11.2 Å². The van der Waals surface area contributed by atoms with E-state index >= 15 is 0 Å². The molecule has 0 radical (unpaired) electrons. The zero-order chi connectivity index (χ0) is 24.0. The molecule has 1 unspecified atom stereocenters. The fourth-order valence-electron chi connectivity index (χ4n) is 5.68. The van der Waals surface area contributed by atoms with Crippen LogP contribution in [0.5, 0.6) is 0 Å². The largest absolute Gasteiger partial charge is 0.351 e. The first kappa shape index (κ1) is 21.6. The number of hydrogen-bond acceptors (Lipinski definition) is 3. The fourth-order valence-corrected chi connectivity index (χ4v) is 5.68. The van der Waals surface area contributed by atoms with Crippen molar-refractivity contribution in [1.82, 2.24) is 24.3 Å². The van der Waals surface area contributed by atoms with Gasteiger partial charge in [-0.1, -0.05) is 37.1 Å². The Bertz CT molecular complexity index is 1390. The molecular formula is C28H29N5O2. The average molecular weight is 468 g/mol. The predicted molar refractivity (Wildman–Crippen MR) is 134 cm³/mol. The lowest BCUT2D eigenvalue weighted by Crippen LogP contribution is -2.64. The van der Waals surface area contributed by atoms with Gasteiger partial charge in [0.2, 0.25) is 5.91 Å². The summed E-state index contributed by atoms with van der Waals surface area (Å²) >= 11 is 0. The molecule has 7 nitrogen and oxygen atoms in total. The molecule has 4 aromatic rings. The lowest BCUT2D eigenvalue weighted by Gasteiger charge is -2.44. The number of amides is 2. The molecule has 0 spiro atoms. The predicted octanol–water partition coefficient (Wildman–Crippen LogP) is 4.30. The zero-order valence-electron chi connectivity index (χ0n) is 19.9. The number of fused-ring (bicyclic) bond motifs is 3. The highest BCUT2D eigenvalue weighted by atomic mass is 16.2. The Morgan fingerprint density at radius 2 is 1.86 bits per heavy atom. The smallest absolute Gasteiger partial charge is 0.273 e. The van der Waals surface area contributed by atoms with Crippen molar-refractivity contribution in [2.45, 2.75) is 57.3 Å². The number of carbonyl (C=O) groups is 2. The van der Waals surface area contributed by atoms with Crippen molar-refractivity contribution >= 4 is 22.7 Å². The first-order valence-electron chi connectivity index (χ1n) is 12.3. The monoisotopic (exact) mass is 467 g/mol. The lowest BCUT2D eigenvalue weighted by molar-refractivity contribution is -0.133. The van der Waals surface area contributed by atoms with E-state index in [4.69, 9.17) is 0 Å². The number of benzene rings is 1. The SMILES string of the molecule is CC1(C(=O)NC2CCCC2)Cn2c(c(-n3cccc3)c3ccccc32)C(=O)N1Cc1cccnc1. The van der Waals surface area contributed by atoms with Gasteiger partial charge in [-0.2, -0.15) is 0 Å². The van der Waals surface area contributed by atoms with Crippen LogP contribution in [0.15, 0.2) is 73.3 Å². The third-order valence-corrected chi connectivity index (χ3v) is 7.56. The molecule has 1 aromatic carbocycles. The molecule has 1 aliphatic heterocycles. The number of aromatic nitrogens is 3.